The van der Waals surface area contributed by atoms with Crippen molar-refractivity contribution in [2.24, 2.45) is 0 Å². The van der Waals surface area contributed by atoms with Crippen LogP contribution >= 0.6 is 0 Å². The summed E-state index contributed by atoms with van der Waals surface area (Å²) in [5.41, 5.74) is 0.320. The maximum atomic E-state index is 14.0. The van der Waals surface area contributed by atoms with Crippen molar-refractivity contribution >= 4 is 21.7 Å². The number of hydrogen-bond acceptors (Lipinski definition) is 7. The van der Waals surface area contributed by atoms with Crippen molar-refractivity contribution in [1.29, 1.82) is 0 Å². The van der Waals surface area contributed by atoms with Gasteiger partial charge in [-0.15, -0.1) is 0 Å². The van der Waals surface area contributed by atoms with Crippen LogP contribution in [0.2, 0.25) is 0 Å². The number of sulfonamides is 1. The summed E-state index contributed by atoms with van der Waals surface area (Å²) < 4.78 is 54.6. The molecule has 1 heterocycles. The molecule has 1 unspecified atom stereocenters. The minimum absolute atomic E-state index is 0.0106. The van der Waals surface area contributed by atoms with E-state index in [1.807, 2.05) is 0 Å². The molecule has 2 aliphatic rings. The van der Waals surface area contributed by atoms with E-state index in [2.05, 4.69) is 11.6 Å². The highest BCUT2D eigenvalue weighted by atomic mass is 32.2. The number of unbranched alkanes of at least 4 members (excludes halogenated alkanes) is 6. The minimum atomic E-state index is -4.23. The van der Waals surface area contributed by atoms with Gasteiger partial charge >= 0.3 is 5.97 Å². The number of halogens is 1. The van der Waals surface area contributed by atoms with E-state index in [9.17, 15) is 32.9 Å². The van der Waals surface area contributed by atoms with E-state index >= 15 is 0 Å². The summed E-state index contributed by atoms with van der Waals surface area (Å²) in [4.78, 5) is 12.1. The van der Waals surface area contributed by atoms with Gasteiger partial charge in [0.1, 0.15) is 23.3 Å². The van der Waals surface area contributed by atoms with E-state index in [1.54, 1.807) is 0 Å². The molecule has 1 aromatic rings. The van der Waals surface area contributed by atoms with Crippen LogP contribution < -0.4 is 4.72 Å². The van der Waals surface area contributed by atoms with Gasteiger partial charge in [-0.25, -0.2) is 17.6 Å². The largest absolute Gasteiger partial charge is 0.478 e. The average molecular weight is 544 g/mol. The first-order valence-electron chi connectivity index (χ1n) is 13.0. The molecule has 37 heavy (non-hydrogen) atoms. The molecule has 11 heteroatoms. The van der Waals surface area contributed by atoms with Gasteiger partial charge in [-0.05, 0) is 49.1 Å². The first-order valence-corrected chi connectivity index (χ1v) is 14.5. The van der Waals surface area contributed by atoms with Crippen LogP contribution in [0.15, 0.2) is 29.8 Å². The van der Waals surface area contributed by atoms with E-state index in [1.165, 1.54) is 37.5 Å². The lowest BCUT2D eigenvalue weighted by Gasteiger charge is -2.33. The fourth-order valence-electron chi connectivity index (χ4n) is 4.96. The third kappa shape index (κ3) is 7.51. The van der Waals surface area contributed by atoms with E-state index in [4.69, 9.17) is 9.47 Å². The van der Waals surface area contributed by atoms with Crippen molar-refractivity contribution < 1.29 is 42.4 Å². The van der Waals surface area contributed by atoms with Gasteiger partial charge in [0.2, 0.25) is 10.0 Å². The first kappa shape index (κ1) is 29.5. The number of rotatable bonds is 14. The Bertz CT molecular complexity index is 1050. The molecule has 0 bridgehead atoms. The van der Waals surface area contributed by atoms with Gasteiger partial charge in [0.05, 0.1) is 24.5 Å². The Balaban J connectivity index is 1.75. The molecule has 0 saturated carbocycles. The summed E-state index contributed by atoms with van der Waals surface area (Å²) in [7, 11) is -4.23. The molecule has 0 amide bonds. The van der Waals surface area contributed by atoms with Gasteiger partial charge in [-0.1, -0.05) is 45.4 Å². The SMILES string of the molecule is CCCCCCCCCc1cc(F)ccc1NS(=O)(=O)C1CCC2(C=C1C(=O)O)O[C@@H](CO)[C@H](CO)O2. The third-order valence-electron chi connectivity index (χ3n) is 6.94. The smallest absolute Gasteiger partial charge is 0.332 e. The lowest BCUT2D eigenvalue weighted by atomic mass is 9.94. The molecule has 1 fully saturated rings. The number of aliphatic hydroxyl groups is 2. The standard InChI is InChI=1S/C26H38FNO8S/c1-2-3-4-5-6-7-8-9-18-14-19(27)10-11-21(18)28-37(33,34)24-12-13-26(15-20(24)25(31)32)35-22(16-29)23(17-30)36-26/h10-11,14-15,22-24,28-30H,2-9,12-13,16-17H2,1H3,(H,31,32)/t22-,23-,24?/m0/s1. The van der Waals surface area contributed by atoms with Gasteiger partial charge in [0.15, 0.2) is 5.79 Å². The van der Waals surface area contributed by atoms with Gasteiger partial charge in [-0.2, -0.15) is 0 Å². The molecule has 0 radical (unpaired) electrons. The Morgan fingerprint density at radius 3 is 2.30 bits per heavy atom. The second kappa shape index (κ2) is 13.1. The number of aliphatic hydroxyl groups excluding tert-OH is 2. The predicted octanol–water partition coefficient (Wildman–Crippen LogP) is 3.50. The zero-order valence-corrected chi connectivity index (χ0v) is 22.0. The van der Waals surface area contributed by atoms with Crippen molar-refractivity contribution in [2.45, 2.75) is 94.4 Å². The maximum absolute atomic E-state index is 14.0. The summed E-state index contributed by atoms with van der Waals surface area (Å²) in [6, 6.07) is 3.84. The van der Waals surface area contributed by atoms with Crippen molar-refractivity contribution in [3.63, 3.8) is 0 Å². The molecule has 9 nitrogen and oxygen atoms in total. The molecule has 208 valence electrons. The molecule has 3 atom stereocenters. The summed E-state index contributed by atoms with van der Waals surface area (Å²) in [5, 5.41) is 27.4. The molecular weight excluding hydrogens is 505 g/mol. The fourth-order valence-corrected chi connectivity index (χ4v) is 6.54. The monoisotopic (exact) mass is 543 g/mol. The third-order valence-corrected chi connectivity index (χ3v) is 8.69. The van der Waals surface area contributed by atoms with Gasteiger partial charge in [0.25, 0.3) is 0 Å². The second-order valence-electron chi connectivity index (χ2n) is 9.74. The lowest BCUT2D eigenvalue weighted by Crippen LogP contribution is -2.42. The van der Waals surface area contributed by atoms with Crippen LogP contribution in [0.1, 0.15) is 70.3 Å². The minimum Gasteiger partial charge on any atom is -0.478 e. The second-order valence-corrected chi connectivity index (χ2v) is 11.6. The normalized spacial score (nSPS) is 23.2. The molecule has 3 rings (SSSR count). The van der Waals surface area contributed by atoms with Gasteiger partial charge < -0.3 is 24.8 Å². The van der Waals surface area contributed by atoms with E-state index in [0.717, 1.165) is 31.8 Å². The summed E-state index contributed by atoms with van der Waals surface area (Å²) in [5.74, 6) is -3.46. The number of carboxylic acids is 1. The zero-order chi connectivity index (χ0) is 27.1. The van der Waals surface area contributed by atoms with E-state index in [0.29, 0.717) is 12.0 Å². The molecule has 0 aromatic heterocycles. The molecule has 1 aromatic carbocycles. The first-order chi connectivity index (χ1) is 17.6. The number of ether oxygens (including phenoxy) is 2. The van der Waals surface area contributed by atoms with Crippen LogP contribution in [0.3, 0.4) is 0 Å². The number of aliphatic carboxylic acids is 1. The number of hydrogen-bond donors (Lipinski definition) is 4. The Morgan fingerprint density at radius 2 is 1.70 bits per heavy atom. The fraction of sp³-hybridized carbons (Fsp3) is 0.654. The van der Waals surface area contributed by atoms with Crippen LogP contribution in [-0.4, -0.2) is 66.2 Å². The highest BCUT2D eigenvalue weighted by molar-refractivity contribution is 7.93. The van der Waals surface area contributed by atoms with Crippen LogP contribution in [-0.2, 0) is 30.7 Å². The van der Waals surface area contributed by atoms with Gasteiger partial charge in [-0.3, -0.25) is 4.72 Å². The van der Waals surface area contributed by atoms with Crippen molar-refractivity contribution in [2.75, 3.05) is 17.9 Å². The van der Waals surface area contributed by atoms with Crippen molar-refractivity contribution in [1.82, 2.24) is 0 Å². The number of benzene rings is 1. The zero-order valence-electron chi connectivity index (χ0n) is 21.2. The van der Waals surface area contributed by atoms with Crippen LogP contribution in [0.4, 0.5) is 10.1 Å². The van der Waals surface area contributed by atoms with Crippen LogP contribution in [0, 0.1) is 5.82 Å². The lowest BCUT2D eigenvalue weighted by molar-refractivity contribution is -0.153. The number of carboxylic acid groups (broad SMARTS) is 1. The molecule has 1 aliphatic carbocycles. The Kier molecular flexibility index (Phi) is 10.5. The van der Waals surface area contributed by atoms with Crippen LogP contribution in [0.5, 0.6) is 0 Å². The van der Waals surface area contributed by atoms with Crippen LogP contribution in [0.25, 0.3) is 0 Å². The Morgan fingerprint density at radius 1 is 1.08 bits per heavy atom. The molecule has 1 aliphatic heterocycles. The van der Waals surface area contributed by atoms with Gasteiger partial charge in [0, 0.05) is 6.42 Å². The molecule has 1 saturated heterocycles. The average Bonchev–Trinajstić information content (AvgIpc) is 3.21. The Hall–Kier alpha value is -2.05. The number of aryl methyl sites for hydroxylation is 1. The number of carbonyl (C=O) groups is 1. The van der Waals surface area contributed by atoms with E-state index in [-0.39, 0.29) is 18.5 Å². The number of anilines is 1. The molecular formula is C26H38FNO8S. The molecule has 4 N–H and O–H groups in total. The maximum Gasteiger partial charge on any atom is 0.332 e. The van der Waals surface area contributed by atoms with Crippen molar-refractivity contribution in [3.8, 4) is 0 Å². The Labute approximate surface area is 217 Å². The highest BCUT2D eigenvalue weighted by Crippen LogP contribution is 2.41. The molecule has 1 spiro atoms. The quantitative estimate of drug-likeness (QED) is 0.261. The summed E-state index contributed by atoms with van der Waals surface area (Å²) in [6.45, 7) is 1.26. The number of nitrogens with one attached hydrogen (secondary N) is 1. The highest BCUT2D eigenvalue weighted by Gasteiger charge is 2.51. The van der Waals surface area contributed by atoms with Crippen molar-refractivity contribution in [3.05, 3.63) is 41.2 Å². The summed E-state index contributed by atoms with van der Waals surface area (Å²) in [6.07, 6.45) is 7.24. The topological polar surface area (TPSA) is 142 Å². The summed E-state index contributed by atoms with van der Waals surface area (Å²) >= 11 is 0. The predicted molar refractivity (Wildman–Crippen MR) is 136 cm³/mol. The van der Waals surface area contributed by atoms with E-state index < -0.39 is 63.8 Å².